The van der Waals surface area contributed by atoms with Crippen LogP contribution in [-0.4, -0.2) is 18.0 Å². The maximum absolute atomic E-state index is 2.82. The molecule has 1 aromatic carbocycles. The van der Waals surface area contributed by atoms with E-state index < -0.39 is 0 Å². The van der Waals surface area contributed by atoms with Crippen LogP contribution < -0.4 is 0 Å². The van der Waals surface area contributed by atoms with Crippen molar-refractivity contribution in [1.29, 1.82) is 0 Å². The molecule has 0 saturated heterocycles. The zero-order valence-electron chi connectivity index (χ0n) is 14.5. The Morgan fingerprint density at radius 3 is 2.26 bits per heavy atom. The molecule has 1 heterocycles. The minimum absolute atomic E-state index is 0. The van der Waals surface area contributed by atoms with E-state index in [9.17, 15) is 0 Å². The number of benzene rings is 1. The Balaban J connectivity index is 0.00000192. The van der Waals surface area contributed by atoms with Crippen LogP contribution in [0.2, 0.25) is 0 Å². The molecule has 0 spiro atoms. The van der Waals surface area contributed by atoms with Crippen LogP contribution in [0.5, 0.6) is 0 Å². The fraction of sp³-hybridized carbons (Fsp3) is 0.600. The first-order valence-electron chi connectivity index (χ1n) is 9.04. The third kappa shape index (κ3) is 3.75. The van der Waals surface area contributed by atoms with Crippen LogP contribution in [0.3, 0.4) is 0 Å². The van der Waals surface area contributed by atoms with Gasteiger partial charge in [0.1, 0.15) is 0 Å². The van der Waals surface area contributed by atoms with Crippen molar-refractivity contribution in [3.05, 3.63) is 35.2 Å². The smallest absolute Gasteiger partial charge is 0.0554 e. The summed E-state index contributed by atoms with van der Waals surface area (Å²) in [7, 11) is 0. The first kappa shape index (κ1) is 18.8. The van der Waals surface area contributed by atoms with Gasteiger partial charge >= 0.3 is 0 Å². The number of rotatable bonds is 6. The number of hydrogen-bond donors (Lipinski definition) is 0. The number of nitrogens with zero attached hydrogens (tertiary/aromatic N) is 1. The Bertz CT molecular complexity index is 561. The lowest BCUT2D eigenvalue weighted by Gasteiger charge is -2.46. The Labute approximate surface area is 151 Å². The number of fused-ring (bicyclic) bond motifs is 1. The summed E-state index contributed by atoms with van der Waals surface area (Å²) in [5.41, 5.74) is 0.313. The largest absolute Gasteiger partial charge is 0.293 e. The summed E-state index contributed by atoms with van der Waals surface area (Å²) in [5, 5.41) is 1.43. The van der Waals surface area contributed by atoms with Gasteiger partial charge < -0.3 is 0 Å². The molecule has 23 heavy (non-hydrogen) atoms. The van der Waals surface area contributed by atoms with Gasteiger partial charge in [-0.1, -0.05) is 51.3 Å². The lowest BCUT2D eigenvalue weighted by atomic mass is 9.78. The van der Waals surface area contributed by atoms with Crippen molar-refractivity contribution in [3.63, 3.8) is 0 Å². The fourth-order valence-corrected chi connectivity index (χ4v) is 5.48. The quantitative estimate of drug-likeness (QED) is 0.566. The molecule has 0 N–H and O–H groups in total. The molecular weight excluding hydrogens is 322 g/mol. The van der Waals surface area contributed by atoms with Crippen LogP contribution in [-0.2, 0) is 5.54 Å². The van der Waals surface area contributed by atoms with Crippen molar-refractivity contribution in [3.8, 4) is 0 Å². The average molecular weight is 352 g/mol. The van der Waals surface area contributed by atoms with Crippen molar-refractivity contribution in [2.45, 2.75) is 64.3 Å². The summed E-state index contributed by atoms with van der Waals surface area (Å²) in [6.07, 6.45) is 9.40. The van der Waals surface area contributed by atoms with Gasteiger partial charge in [0.2, 0.25) is 0 Å². The molecule has 128 valence electrons. The minimum Gasteiger partial charge on any atom is -0.293 e. The Morgan fingerprint density at radius 2 is 1.65 bits per heavy atom. The van der Waals surface area contributed by atoms with Crippen molar-refractivity contribution in [1.82, 2.24) is 4.90 Å². The van der Waals surface area contributed by atoms with E-state index in [-0.39, 0.29) is 12.4 Å². The summed E-state index contributed by atoms with van der Waals surface area (Å²) in [6, 6.07) is 11.4. The molecule has 0 radical (unpaired) electrons. The molecule has 2 aromatic rings. The Hall–Kier alpha value is -0.570. The van der Waals surface area contributed by atoms with E-state index >= 15 is 0 Å². The Morgan fingerprint density at radius 1 is 1.00 bits per heavy atom. The highest BCUT2D eigenvalue weighted by Crippen LogP contribution is 2.46. The molecule has 1 nitrogen and oxygen atoms in total. The molecule has 0 atom stereocenters. The van der Waals surface area contributed by atoms with E-state index in [1.54, 1.807) is 4.88 Å². The van der Waals surface area contributed by atoms with Crippen LogP contribution in [0.25, 0.3) is 10.1 Å². The highest BCUT2D eigenvalue weighted by atomic mass is 35.5. The van der Waals surface area contributed by atoms with Crippen molar-refractivity contribution < 1.29 is 0 Å². The highest BCUT2D eigenvalue weighted by molar-refractivity contribution is 7.19. The topological polar surface area (TPSA) is 3.24 Å². The average Bonchev–Trinajstić information content (AvgIpc) is 3.00. The molecule has 1 aliphatic rings. The second kappa shape index (κ2) is 8.50. The van der Waals surface area contributed by atoms with Crippen molar-refractivity contribution >= 4 is 33.8 Å². The van der Waals surface area contributed by atoms with Crippen molar-refractivity contribution in [2.24, 2.45) is 0 Å². The second-order valence-corrected chi connectivity index (χ2v) is 7.81. The van der Waals surface area contributed by atoms with Crippen LogP contribution >= 0.6 is 23.7 Å². The zero-order valence-corrected chi connectivity index (χ0v) is 16.1. The number of thiophene rings is 1. The van der Waals surface area contributed by atoms with E-state index in [2.05, 4.69) is 49.1 Å². The first-order chi connectivity index (χ1) is 10.8. The molecule has 0 bridgehead atoms. The normalized spacial score (nSPS) is 17.3. The van der Waals surface area contributed by atoms with Crippen LogP contribution in [0.15, 0.2) is 30.3 Å². The van der Waals surface area contributed by atoms with Crippen LogP contribution in [0.4, 0.5) is 0 Å². The van der Waals surface area contributed by atoms with E-state index in [1.165, 1.54) is 68.1 Å². The maximum atomic E-state index is 2.82. The van der Waals surface area contributed by atoms with Gasteiger partial charge in [-0.3, -0.25) is 4.90 Å². The SMILES string of the molecule is CCCN(CCC)C1(c2cc3ccccc3s2)CCCCC1.Cl. The number of hydrogen-bond acceptors (Lipinski definition) is 2. The predicted molar refractivity (Wildman–Crippen MR) is 106 cm³/mol. The van der Waals surface area contributed by atoms with Crippen LogP contribution in [0.1, 0.15) is 63.7 Å². The molecule has 1 saturated carbocycles. The summed E-state index contributed by atoms with van der Waals surface area (Å²) >= 11 is 2.04. The second-order valence-electron chi connectivity index (χ2n) is 6.73. The van der Waals surface area contributed by atoms with Crippen LogP contribution in [0, 0.1) is 0 Å². The van der Waals surface area contributed by atoms with Gasteiger partial charge in [0, 0.05) is 9.58 Å². The van der Waals surface area contributed by atoms with Gasteiger partial charge in [-0.2, -0.15) is 0 Å². The molecule has 1 aromatic heterocycles. The lowest BCUT2D eigenvalue weighted by molar-refractivity contribution is 0.0497. The Kier molecular flexibility index (Phi) is 6.94. The molecule has 0 unspecified atom stereocenters. The van der Waals surface area contributed by atoms with E-state index in [4.69, 9.17) is 0 Å². The summed E-state index contributed by atoms with van der Waals surface area (Å²) in [4.78, 5) is 4.44. The highest BCUT2D eigenvalue weighted by Gasteiger charge is 2.40. The molecule has 3 heteroatoms. The molecule has 1 aliphatic carbocycles. The summed E-state index contributed by atoms with van der Waals surface area (Å²) < 4.78 is 1.45. The predicted octanol–water partition coefficient (Wildman–Crippen LogP) is 6.60. The summed E-state index contributed by atoms with van der Waals surface area (Å²) in [6.45, 7) is 7.12. The first-order valence-corrected chi connectivity index (χ1v) is 9.86. The number of halogens is 1. The summed E-state index contributed by atoms with van der Waals surface area (Å²) in [5.74, 6) is 0. The molecule has 0 amide bonds. The maximum Gasteiger partial charge on any atom is 0.0554 e. The minimum atomic E-state index is 0. The monoisotopic (exact) mass is 351 g/mol. The molecular formula is C20H30ClNS. The molecule has 3 rings (SSSR count). The van der Waals surface area contributed by atoms with Gasteiger partial charge in [-0.15, -0.1) is 23.7 Å². The van der Waals surface area contributed by atoms with Gasteiger partial charge in [0.25, 0.3) is 0 Å². The van der Waals surface area contributed by atoms with Gasteiger partial charge in [0.15, 0.2) is 0 Å². The third-order valence-corrected chi connectivity index (χ3v) is 6.47. The van der Waals surface area contributed by atoms with Gasteiger partial charge in [0.05, 0.1) is 5.54 Å². The van der Waals surface area contributed by atoms with Gasteiger partial charge in [-0.25, -0.2) is 0 Å². The van der Waals surface area contributed by atoms with E-state index in [1.807, 2.05) is 11.3 Å². The van der Waals surface area contributed by atoms with Crippen molar-refractivity contribution in [2.75, 3.05) is 13.1 Å². The van der Waals surface area contributed by atoms with E-state index in [0.717, 1.165) is 0 Å². The third-order valence-electron chi connectivity index (χ3n) is 5.16. The van der Waals surface area contributed by atoms with E-state index in [0.29, 0.717) is 5.54 Å². The lowest BCUT2D eigenvalue weighted by Crippen LogP contribution is -2.47. The fourth-order valence-electron chi connectivity index (χ4n) is 4.15. The molecule has 0 aliphatic heterocycles. The van der Waals surface area contributed by atoms with Gasteiger partial charge in [-0.05, 0) is 56.3 Å². The zero-order chi connectivity index (χ0) is 15.4. The molecule has 1 fully saturated rings. The standard InChI is InChI=1S/C20H29NS.ClH/c1-3-14-21(15-4-2)20(12-8-5-9-13-20)19-16-17-10-6-7-11-18(17)22-19;/h6-7,10-11,16H,3-5,8-9,12-15H2,1-2H3;1H.